The van der Waals surface area contributed by atoms with Crippen LogP contribution in [0, 0.1) is 11.5 Å². The van der Waals surface area contributed by atoms with E-state index >= 15 is 0 Å². The van der Waals surface area contributed by atoms with Crippen LogP contribution in [0.3, 0.4) is 0 Å². The summed E-state index contributed by atoms with van der Waals surface area (Å²) in [4.78, 5) is 20.7. The minimum atomic E-state index is -4.86. The van der Waals surface area contributed by atoms with E-state index < -0.39 is 28.5 Å². The van der Waals surface area contributed by atoms with Crippen LogP contribution >= 0.6 is 39.1 Å². The van der Waals surface area contributed by atoms with E-state index in [4.69, 9.17) is 28.5 Å². The third-order valence-corrected chi connectivity index (χ3v) is 4.35. The number of hydrogen-bond donors (Lipinski definition) is 3. The number of pyridine rings is 1. The van der Waals surface area contributed by atoms with Gasteiger partial charge in [0.05, 0.1) is 11.9 Å². The zero-order chi connectivity index (χ0) is 23.9. The second kappa shape index (κ2) is 10.7. The molecular weight excluding hydrogens is 540 g/mol. The van der Waals surface area contributed by atoms with Crippen molar-refractivity contribution in [3.05, 3.63) is 52.8 Å². The molecule has 1 aromatic carbocycles. The predicted octanol–water partition coefficient (Wildman–Crippen LogP) is 4.53. The second-order valence-corrected chi connectivity index (χ2v) is 8.82. The summed E-state index contributed by atoms with van der Waals surface area (Å²) in [7, 11) is 0. The molecule has 1 aromatic heterocycles. The summed E-state index contributed by atoms with van der Waals surface area (Å²) in [5.74, 6) is -1.32. The lowest BCUT2D eigenvalue weighted by Gasteiger charge is -2.25. The highest BCUT2D eigenvalue weighted by molar-refractivity contribution is 9.10. The molecule has 1 amide bonds. The van der Waals surface area contributed by atoms with E-state index in [1.54, 1.807) is 18.5 Å². The molecule has 3 N–H and O–H groups in total. The largest absolute Gasteiger partial charge is 0.573 e. The molecule has 170 valence electrons. The molecule has 1 unspecified atom stereocenters. The van der Waals surface area contributed by atoms with Crippen LogP contribution < -0.4 is 20.7 Å². The summed E-state index contributed by atoms with van der Waals surface area (Å²) in [6, 6.07) is 5.85. The minimum Gasteiger partial charge on any atom is -0.406 e. The number of carbonyl (C=O) groups is 1. The first-order valence-electron chi connectivity index (χ1n) is 8.52. The number of alkyl halides is 5. The molecule has 14 heteroatoms. The van der Waals surface area contributed by atoms with Crippen molar-refractivity contribution >= 4 is 56.7 Å². The van der Waals surface area contributed by atoms with Gasteiger partial charge in [-0.05, 0) is 53.2 Å². The maximum Gasteiger partial charge on any atom is 0.573 e. The third kappa shape index (κ3) is 8.41. The molecule has 32 heavy (non-hydrogen) atoms. The van der Waals surface area contributed by atoms with Gasteiger partial charge in [0.1, 0.15) is 5.75 Å². The topological polar surface area (TPSA) is 111 Å². The molecule has 1 heterocycles. The van der Waals surface area contributed by atoms with Crippen LogP contribution in [0.1, 0.15) is 17.3 Å². The maximum absolute atomic E-state index is 12.6. The van der Waals surface area contributed by atoms with Crippen molar-refractivity contribution in [3.63, 3.8) is 0 Å². The SMILES string of the molecule is CC(Cl)(Cl)C(/N=C(\NC#N)Nc1cncc(Br)c1)NC(=O)c1ccc(OC(F)(F)F)cc1. The van der Waals surface area contributed by atoms with Crippen molar-refractivity contribution < 1.29 is 22.7 Å². The number of hydrogen-bond acceptors (Lipinski definition) is 5. The molecule has 0 aliphatic rings. The summed E-state index contributed by atoms with van der Waals surface area (Å²) in [5, 5.41) is 16.6. The molecule has 0 spiro atoms. The second-order valence-electron chi connectivity index (χ2n) is 6.14. The molecule has 0 saturated carbocycles. The number of benzene rings is 1. The van der Waals surface area contributed by atoms with Crippen LogP contribution in [0.15, 0.2) is 52.2 Å². The van der Waals surface area contributed by atoms with Crippen molar-refractivity contribution in [1.29, 1.82) is 5.26 Å². The van der Waals surface area contributed by atoms with Crippen molar-refractivity contribution in [2.45, 2.75) is 23.8 Å². The van der Waals surface area contributed by atoms with Gasteiger partial charge < -0.3 is 15.4 Å². The van der Waals surface area contributed by atoms with Crippen LogP contribution in [0.2, 0.25) is 0 Å². The number of ether oxygens (including phenoxy) is 1. The van der Waals surface area contributed by atoms with E-state index in [2.05, 4.69) is 46.6 Å². The molecule has 0 radical (unpaired) electrons. The van der Waals surface area contributed by atoms with Crippen molar-refractivity contribution in [3.8, 4) is 11.9 Å². The first-order valence-corrected chi connectivity index (χ1v) is 10.1. The normalized spacial score (nSPS) is 13.0. The number of nitriles is 1. The molecule has 2 rings (SSSR count). The lowest BCUT2D eigenvalue weighted by atomic mass is 10.2. The minimum absolute atomic E-state index is 0.00347. The molecule has 0 fully saturated rings. The summed E-state index contributed by atoms with van der Waals surface area (Å²) in [6.45, 7) is 1.36. The number of carbonyl (C=O) groups excluding carboxylic acids is 1. The number of aromatic nitrogens is 1. The zero-order valence-corrected chi connectivity index (χ0v) is 19.1. The van der Waals surface area contributed by atoms with Gasteiger partial charge in [-0.25, -0.2) is 4.99 Å². The van der Waals surface area contributed by atoms with E-state index in [1.807, 2.05) is 0 Å². The summed E-state index contributed by atoms with van der Waals surface area (Å²) in [6.07, 6.45) is -1.44. The molecule has 0 bridgehead atoms. The fraction of sp³-hybridized carbons (Fsp3) is 0.222. The molecule has 8 nitrogen and oxygen atoms in total. The van der Waals surface area contributed by atoms with E-state index in [1.165, 1.54) is 13.1 Å². The number of aliphatic imine (C=N–C) groups is 1. The van der Waals surface area contributed by atoms with Crippen LogP contribution in [0.4, 0.5) is 18.9 Å². The number of halogens is 6. The molecule has 0 aliphatic heterocycles. The van der Waals surface area contributed by atoms with E-state index in [-0.39, 0.29) is 11.5 Å². The number of nitrogens with zero attached hydrogens (tertiary/aromatic N) is 3. The Morgan fingerprint density at radius 2 is 1.94 bits per heavy atom. The van der Waals surface area contributed by atoms with Crippen molar-refractivity contribution in [2.24, 2.45) is 4.99 Å². The number of guanidine groups is 1. The summed E-state index contributed by atoms with van der Waals surface area (Å²) < 4.78 is 39.6. The highest BCUT2D eigenvalue weighted by atomic mass is 79.9. The van der Waals surface area contributed by atoms with Crippen molar-refractivity contribution in [1.82, 2.24) is 15.6 Å². The van der Waals surface area contributed by atoms with Crippen LogP contribution in [-0.2, 0) is 0 Å². The quantitative estimate of drug-likeness (QED) is 0.159. The Kier molecular flexibility index (Phi) is 8.54. The van der Waals surface area contributed by atoms with Crippen LogP contribution in [0.5, 0.6) is 5.75 Å². The first-order chi connectivity index (χ1) is 14.9. The highest BCUT2D eigenvalue weighted by Gasteiger charge is 2.33. The lowest BCUT2D eigenvalue weighted by molar-refractivity contribution is -0.274. The number of rotatable bonds is 6. The highest BCUT2D eigenvalue weighted by Crippen LogP contribution is 2.27. The summed E-state index contributed by atoms with van der Waals surface area (Å²) in [5.41, 5.74) is 0.452. The van der Waals surface area contributed by atoms with Gasteiger partial charge in [0.15, 0.2) is 16.7 Å². The van der Waals surface area contributed by atoms with Gasteiger partial charge in [0, 0.05) is 16.2 Å². The van der Waals surface area contributed by atoms with Gasteiger partial charge >= 0.3 is 6.36 Å². The van der Waals surface area contributed by atoms with Gasteiger partial charge in [-0.2, -0.15) is 5.26 Å². The fourth-order valence-corrected chi connectivity index (χ4v) is 2.75. The average Bonchev–Trinajstić information content (AvgIpc) is 2.66. The zero-order valence-electron chi connectivity index (χ0n) is 16.0. The maximum atomic E-state index is 12.6. The monoisotopic (exact) mass is 552 g/mol. The van der Waals surface area contributed by atoms with Crippen LogP contribution in [-0.4, -0.2) is 33.7 Å². The number of amides is 1. The van der Waals surface area contributed by atoms with Gasteiger partial charge in [-0.1, -0.05) is 23.2 Å². The average molecular weight is 554 g/mol. The molecule has 2 aromatic rings. The van der Waals surface area contributed by atoms with Crippen molar-refractivity contribution in [2.75, 3.05) is 5.32 Å². The fourth-order valence-electron chi connectivity index (χ4n) is 2.18. The molecule has 0 saturated heterocycles. The number of nitrogens with one attached hydrogen (secondary N) is 3. The number of anilines is 1. The van der Waals surface area contributed by atoms with Gasteiger partial charge in [0.25, 0.3) is 5.91 Å². The smallest absolute Gasteiger partial charge is 0.406 e. The Balaban J connectivity index is 2.23. The molecular formula is C18H14BrCl2F3N6O2. The third-order valence-electron chi connectivity index (χ3n) is 3.50. The van der Waals surface area contributed by atoms with E-state index in [0.29, 0.717) is 10.2 Å². The Hall–Kier alpha value is -2.75. The Morgan fingerprint density at radius 3 is 2.47 bits per heavy atom. The lowest BCUT2D eigenvalue weighted by Crippen LogP contribution is -2.45. The predicted molar refractivity (Wildman–Crippen MR) is 116 cm³/mol. The van der Waals surface area contributed by atoms with E-state index in [9.17, 15) is 18.0 Å². The van der Waals surface area contributed by atoms with Crippen LogP contribution in [0.25, 0.3) is 0 Å². The standard InChI is InChI=1S/C18H14BrCl2F3N6O2/c1-17(20,21)15(30-16(27-9-25)28-12-6-11(19)7-26-8-12)29-14(31)10-2-4-13(5-3-10)32-18(22,23)24/h2-8,15H,1H3,(H,29,31)(H2,27,28,30). The Morgan fingerprint density at radius 1 is 1.28 bits per heavy atom. The van der Waals surface area contributed by atoms with E-state index in [0.717, 1.165) is 24.3 Å². The van der Waals surface area contributed by atoms with Gasteiger partial charge in [-0.15, -0.1) is 13.2 Å². The molecule has 0 aliphatic carbocycles. The van der Waals surface area contributed by atoms with Gasteiger partial charge in [0.2, 0.25) is 5.96 Å². The Bertz CT molecular complexity index is 1020. The van der Waals surface area contributed by atoms with Gasteiger partial charge in [-0.3, -0.25) is 15.1 Å². The Labute approximate surface area is 198 Å². The first kappa shape index (κ1) is 25.5. The molecule has 1 atom stereocenters. The summed E-state index contributed by atoms with van der Waals surface area (Å²) >= 11 is 15.5.